The van der Waals surface area contributed by atoms with Gasteiger partial charge in [0.1, 0.15) is 0 Å². The number of anilines is 1. The van der Waals surface area contributed by atoms with E-state index in [1.54, 1.807) is 30.3 Å². The van der Waals surface area contributed by atoms with Crippen molar-refractivity contribution in [2.24, 2.45) is 0 Å². The Morgan fingerprint density at radius 2 is 1.81 bits per heavy atom. The Bertz CT molecular complexity index is 1210. The van der Waals surface area contributed by atoms with E-state index in [0.29, 0.717) is 29.0 Å². The van der Waals surface area contributed by atoms with Crippen molar-refractivity contribution in [2.45, 2.75) is 30.6 Å². The highest BCUT2D eigenvalue weighted by Gasteiger charge is 2.26. The van der Waals surface area contributed by atoms with Crippen molar-refractivity contribution in [2.75, 3.05) is 19.5 Å². The molecule has 170 valence electrons. The van der Waals surface area contributed by atoms with Crippen LogP contribution in [0.3, 0.4) is 0 Å². The normalized spacial score (nSPS) is 12.2. The number of amides is 1. The lowest BCUT2D eigenvalue weighted by Crippen LogP contribution is -2.28. The third kappa shape index (κ3) is 5.23. The molecule has 9 nitrogen and oxygen atoms in total. The van der Waals surface area contributed by atoms with E-state index in [4.69, 9.17) is 9.47 Å². The van der Waals surface area contributed by atoms with Crippen LogP contribution in [0.5, 0.6) is 11.5 Å². The SMILES string of the molecule is CC[C@@H](NS(=O)(=O)c1nnc(NC(=O)c2ccccc2C)s1)c1ccc(OC)c(OC)c1. The van der Waals surface area contributed by atoms with Crippen LogP contribution in [-0.2, 0) is 10.0 Å². The number of ether oxygens (including phenoxy) is 2. The van der Waals surface area contributed by atoms with Crippen molar-refractivity contribution < 1.29 is 22.7 Å². The van der Waals surface area contributed by atoms with Crippen molar-refractivity contribution in [1.82, 2.24) is 14.9 Å². The Balaban J connectivity index is 1.77. The molecule has 0 fully saturated rings. The first-order valence-electron chi connectivity index (χ1n) is 9.73. The van der Waals surface area contributed by atoms with Gasteiger partial charge in [0.2, 0.25) is 9.47 Å². The molecule has 32 heavy (non-hydrogen) atoms. The molecule has 0 saturated heterocycles. The Labute approximate surface area is 190 Å². The number of carbonyl (C=O) groups excluding carboxylic acids is 1. The second kappa shape index (κ2) is 10.1. The van der Waals surface area contributed by atoms with Gasteiger partial charge in [-0.1, -0.05) is 42.5 Å². The minimum absolute atomic E-state index is 0.0952. The molecule has 0 radical (unpaired) electrons. The van der Waals surface area contributed by atoms with Crippen LogP contribution in [0.4, 0.5) is 5.13 Å². The van der Waals surface area contributed by atoms with Crippen LogP contribution in [0.2, 0.25) is 0 Å². The van der Waals surface area contributed by atoms with Crippen LogP contribution in [0.1, 0.15) is 40.9 Å². The summed E-state index contributed by atoms with van der Waals surface area (Å²) >= 11 is 0.781. The number of hydrogen-bond acceptors (Lipinski definition) is 8. The standard InChI is InChI=1S/C21H24N4O5S2/c1-5-16(14-10-11-17(29-3)18(12-14)30-4)25-32(27,28)21-24-23-20(31-21)22-19(26)15-9-7-6-8-13(15)2/h6-12,16,25H,5H2,1-4H3,(H,22,23,26)/t16-/m1/s1. The maximum Gasteiger partial charge on any atom is 0.270 e. The first-order chi connectivity index (χ1) is 15.3. The smallest absolute Gasteiger partial charge is 0.270 e. The quantitative estimate of drug-likeness (QED) is 0.453. The monoisotopic (exact) mass is 476 g/mol. The highest BCUT2D eigenvalue weighted by molar-refractivity contribution is 7.91. The molecule has 0 saturated carbocycles. The molecule has 1 heterocycles. The summed E-state index contributed by atoms with van der Waals surface area (Å²) in [7, 11) is -0.926. The topological polar surface area (TPSA) is 120 Å². The molecule has 3 rings (SSSR count). The number of aryl methyl sites for hydroxylation is 1. The molecule has 0 spiro atoms. The highest BCUT2D eigenvalue weighted by Crippen LogP contribution is 2.32. The fourth-order valence-electron chi connectivity index (χ4n) is 3.06. The largest absolute Gasteiger partial charge is 0.493 e. The molecule has 11 heteroatoms. The van der Waals surface area contributed by atoms with Crippen LogP contribution in [0.15, 0.2) is 46.8 Å². The van der Waals surface area contributed by atoms with Gasteiger partial charge in [-0.3, -0.25) is 10.1 Å². The van der Waals surface area contributed by atoms with Crippen LogP contribution in [0.25, 0.3) is 0 Å². The molecule has 0 bridgehead atoms. The Kier molecular flexibility index (Phi) is 7.44. The van der Waals surface area contributed by atoms with E-state index in [1.807, 2.05) is 26.0 Å². The number of aromatic nitrogens is 2. The molecule has 0 unspecified atom stereocenters. The molecule has 2 N–H and O–H groups in total. The van der Waals surface area contributed by atoms with Gasteiger partial charge in [-0.25, -0.2) is 13.1 Å². The predicted octanol–water partition coefficient (Wildman–Crippen LogP) is 3.55. The van der Waals surface area contributed by atoms with E-state index in [0.717, 1.165) is 16.9 Å². The number of sulfonamides is 1. The Morgan fingerprint density at radius 1 is 1.09 bits per heavy atom. The molecule has 1 aromatic heterocycles. The molecule has 1 amide bonds. The van der Waals surface area contributed by atoms with E-state index in [9.17, 15) is 13.2 Å². The fraction of sp³-hybridized carbons (Fsp3) is 0.286. The van der Waals surface area contributed by atoms with Crippen molar-refractivity contribution in [3.63, 3.8) is 0 Å². The van der Waals surface area contributed by atoms with Gasteiger partial charge in [0.05, 0.1) is 14.2 Å². The zero-order valence-electron chi connectivity index (χ0n) is 18.1. The van der Waals surface area contributed by atoms with E-state index in [1.165, 1.54) is 14.2 Å². The molecule has 0 aliphatic carbocycles. The first kappa shape index (κ1) is 23.6. The lowest BCUT2D eigenvalue weighted by Gasteiger charge is -2.18. The average molecular weight is 477 g/mol. The summed E-state index contributed by atoms with van der Waals surface area (Å²) in [6.07, 6.45) is 0.490. The minimum Gasteiger partial charge on any atom is -0.493 e. The maximum atomic E-state index is 12.9. The summed E-state index contributed by atoms with van der Waals surface area (Å²) < 4.78 is 38.8. The molecule has 1 atom stereocenters. The summed E-state index contributed by atoms with van der Waals surface area (Å²) in [4.78, 5) is 12.5. The summed E-state index contributed by atoms with van der Waals surface area (Å²) in [6, 6.07) is 11.8. The van der Waals surface area contributed by atoms with Gasteiger partial charge in [0.25, 0.3) is 15.9 Å². The third-order valence-corrected chi connectivity index (χ3v) is 7.44. The first-order valence-corrected chi connectivity index (χ1v) is 12.0. The summed E-state index contributed by atoms with van der Waals surface area (Å²) in [6.45, 7) is 3.67. The van der Waals surface area contributed by atoms with Gasteiger partial charge in [-0.15, -0.1) is 10.2 Å². The summed E-state index contributed by atoms with van der Waals surface area (Å²) in [5.74, 6) is 0.666. The second-order valence-corrected chi connectivity index (χ2v) is 9.70. The molecule has 0 aliphatic rings. The summed E-state index contributed by atoms with van der Waals surface area (Å²) in [5, 5.41) is 10.3. The van der Waals surface area contributed by atoms with Gasteiger partial charge in [-0.05, 0) is 42.7 Å². The van der Waals surface area contributed by atoms with E-state index >= 15 is 0 Å². The molecular weight excluding hydrogens is 452 g/mol. The van der Waals surface area contributed by atoms with Crippen molar-refractivity contribution >= 4 is 32.4 Å². The molecule has 3 aromatic rings. The lowest BCUT2D eigenvalue weighted by molar-refractivity contribution is 0.102. The van der Waals surface area contributed by atoms with Crippen molar-refractivity contribution in [3.05, 3.63) is 59.2 Å². The maximum absolute atomic E-state index is 12.9. The van der Waals surface area contributed by atoms with Crippen LogP contribution in [0, 0.1) is 6.92 Å². The van der Waals surface area contributed by atoms with E-state index < -0.39 is 16.1 Å². The summed E-state index contributed by atoms with van der Waals surface area (Å²) in [5.41, 5.74) is 1.99. The number of methoxy groups -OCH3 is 2. The Hall–Kier alpha value is -3.02. The van der Waals surface area contributed by atoms with Crippen LogP contribution in [-0.4, -0.2) is 38.7 Å². The van der Waals surface area contributed by atoms with Crippen molar-refractivity contribution in [1.29, 1.82) is 0 Å². The van der Waals surface area contributed by atoms with Gasteiger partial charge in [-0.2, -0.15) is 0 Å². The predicted molar refractivity (Wildman–Crippen MR) is 122 cm³/mol. The molecule has 0 aliphatic heterocycles. The second-order valence-electron chi connectivity index (χ2n) is 6.84. The molecular formula is C21H24N4O5S2. The zero-order valence-corrected chi connectivity index (χ0v) is 19.7. The van der Waals surface area contributed by atoms with Crippen molar-refractivity contribution in [3.8, 4) is 11.5 Å². The number of nitrogens with zero attached hydrogens (tertiary/aromatic N) is 2. The number of hydrogen-bond donors (Lipinski definition) is 2. The minimum atomic E-state index is -3.97. The Morgan fingerprint density at radius 3 is 2.47 bits per heavy atom. The van der Waals surface area contributed by atoms with Crippen LogP contribution < -0.4 is 19.5 Å². The lowest BCUT2D eigenvalue weighted by atomic mass is 10.1. The van der Waals surface area contributed by atoms with Gasteiger partial charge in [0.15, 0.2) is 11.5 Å². The highest BCUT2D eigenvalue weighted by atomic mass is 32.2. The van der Waals surface area contributed by atoms with E-state index in [-0.39, 0.29) is 15.4 Å². The fourth-order valence-corrected chi connectivity index (χ4v) is 5.27. The van der Waals surface area contributed by atoms with Crippen LogP contribution >= 0.6 is 11.3 Å². The third-order valence-electron chi connectivity index (χ3n) is 4.76. The zero-order chi connectivity index (χ0) is 23.3. The number of benzene rings is 2. The average Bonchev–Trinajstić information content (AvgIpc) is 3.26. The number of carbonyl (C=O) groups is 1. The van der Waals surface area contributed by atoms with Gasteiger partial charge >= 0.3 is 0 Å². The number of rotatable bonds is 9. The van der Waals surface area contributed by atoms with E-state index in [2.05, 4.69) is 20.2 Å². The van der Waals surface area contributed by atoms with Gasteiger partial charge < -0.3 is 9.47 Å². The number of nitrogens with one attached hydrogen (secondary N) is 2. The van der Waals surface area contributed by atoms with Gasteiger partial charge in [0, 0.05) is 11.6 Å². The molecule has 2 aromatic carbocycles.